The number of rotatable bonds is 7. The zero-order valence-electron chi connectivity index (χ0n) is 23.9. The van der Waals surface area contributed by atoms with E-state index in [0.29, 0.717) is 43.9 Å². The number of hydrogen-bond acceptors (Lipinski definition) is 7. The average molecular weight is 655 g/mol. The van der Waals surface area contributed by atoms with Gasteiger partial charge < -0.3 is 8.92 Å². The van der Waals surface area contributed by atoms with Crippen LogP contribution in [-0.2, 0) is 30.8 Å². The van der Waals surface area contributed by atoms with E-state index in [1.807, 2.05) is 6.92 Å². The van der Waals surface area contributed by atoms with Crippen molar-refractivity contribution in [2.75, 3.05) is 7.11 Å². The summed E-state index contributed by atoms with van der Waals surface area (Å²) in [6.07, 6.45) is 3.34. The molecule has 0 aromatic heterocycles. The molecule has 0 spiro atoms. The highest BCUT2D eigenvalue weighted by molar-refractivity contribution is 7.87. The molecule has 3 aliphatic carbocycles. The Bertz CT molecular complexity index is 1850. The first-order chi connectivity index (χ1) is 20.7. The number of methoxy groups -OCH3 is 1. The van der Waals surface area contributed by atoms with E-state index in [1.54, 1.807) is 12.1 Å². The number of hydrogen-bond donors (Lipinski definition) is 0. The molecular formula is C31H30F4O7S2. The van der Waals surface area contributed by atoms with E-state index in [9.17, 15) is 34.4 Å². The summed E-state index contributed by atoms with van der Waals surface area (Å²) < 4.78 is 123. The van der Waals surface area contributed by atoms with Crippen LogP contribution in [0.1, 0.15) is 56.1 Å². The second-order valence-electron chi connectivity index (χ2n) is 12.0. The number of halogens is 4. The Morgan fingerprint density at radius 2 is 1.39 bits per heavy atom. The van der Waals surface area contributed by atoms with Gasteiger partial charge in [0.15, 0.2) is 34.8 Å². The van der Waals surface area contributed by atoms with Crippen LogP contribution in [0, 0.1) is 40.5 Å². The normalized spacial score (nSPS) is 26.4. The fraction of sp³-hybridized carbons (Fsp3) is 0.419. The minimum absolute atomic E-state index is 0.0631. The molecule has 2 fully saturated rings. The molecule has 3 aromatic carbocycles. The molecule has 3 unspecified atom stereocenters. The van der Waals surface area contributed by atoms with Crippen molar-refractivity contribution in [1.82, 2.24) is 0 Å². The van der Waals surface area contributed by atoms with Gasteiger partial charge in [-0.25, -0.2) is 17.6 Å². The molecular weight excluding hydrogens is 624 g/mol. The van der Waals surface area contributed by atoms with Crippen molar-refractivity contribution in [2.45, 2.75) is 67.3 Å². The molecule has 0 radical (unpaired) electrons. The van der Waals surface area contributed by atoms with Crippen LogP contribution in [0.5, 0.6) is 11.5 Å². The largest absolute Gasteiger partial charge is 0.493 e. The zero-order valence-corrected chi connectivity index (χ0v) is 25.5. The zero-order chi connectivity index (χ0) is 31.6. The Kier molecular flexibility index (Phi) is 7.73. The van der Waals surface area contributed by atoms with E-state index in [-0.39, 0.29) is 29.3 Å². The lowest BCUT2D eigenvalue weighted by atomic mass is 9.55. The van der Waals surface area contributed by atoms with Gasteiger partial charge in [-0.3, -0.25) is 4.18 Å². The van der Waals surface area contributed by atoms with Crippen molar-refractivity contribution < 1.29 is 47.5 Å². The molecule has 6 rings (SSSR count). The van der Waals surface area contributed by atoms with Crippen LogP contribution in [0.15, 0.2) is 58.3 Å². The topological polar surface area (TPSA) is 96.0 Å². The minimum Gasteiger partial charge on any atom is -0.493 e. The summed E-state index contributed by atoms with van der Waals surface area (Å²) in [5.74, 6) is -4.36. The second-order valence-corrected chi connectivity index (χ2v) is 15.1. The maximum atomic E-state index is 13.8. The lowest BCUT2D eigenvalue weighted by molar-refractivity contribution is -0.00808. The Labute approximate surface area is 253 Å². The molecule has 0 amide bonds. The highest BCUT2D eigenvalue weighted by Gasteiger charge is 2.56. The molecule has 7 nitrogen and oxygen atoms in total. The maximum Gasteiger partial charge on any atom is 0.339 e. The molecule has 0 N–H and O–H groups in total. The lowest BCUT2D eigenvalue weighted by Crippen LogP contribution is -2.45. The summed E-state index contributed by atoms with van der Waals surface area (Å²) in [6, 6.07) is 7.95. The monoisotopic (exact) mass is 654 g/mol. The van der Waals surface area contributed by atoms with Crippen molar-refractivity contribution in [3.8, 4) is 11.5 Å². The van der Waals surface area contributed by atoms with Crippen molar-refractivity contribution in [3.63, 3.8) is 0 Å². The van der Waals surface area contributed by atoms with Gasteiger partial charge in [-0.05, 0) is 121 Å². The number of ether oxygens (including phenoxy) is 1. The third-order valence-electron chi connectivity index (χ3n) is 9.72. The van der Waals surface area contributed by atoms with Crippen LogP contribution in [-0.4, -0.2) is 30.0 Å². The van der Waals surface area contributed by atoms with E-state index in [0.717, 1.165) is 42.2 Å². The Morgan fingerprint density at radius 3 is 2.00 bits per heavy atom. The van der Waals surface area contributed by atoms with Crippen LogP contribution in [0.4, 0.5) is 17.6 Å². The van der Waals surface area contributed by atoms with E-state index in [2.05, 4.69) is 0 Å². The van der Waals surface area contributed by atoms with E-state index in [1.165, 1.54) is 7.11 Å². The van der Waals surface area contributed by atoms with Crippen molar-refractivity contribution in [2.24, 2.45) is 17.3 Å². The Hall–Kier alpha value is -3.16. The average Bonchev–Trinajstić information content (AvgIpc) is 3.30. The summed E-state index contributed by atoms with van der Waals surface area (Å²) >= 11 is 0. The first kappa shape index (κ1) is 30.8. The van der Waals surface area contributed by atoms with E-state index in [4.69, 9.17) is 13.1 Å². The molecule has 236 valence electrons. The van der Waals surface area contributed by atoms with Gasteiger partial charge in [-0.1, -0.05) is 6.92 Å². The van der Waals surface area contributed by atoms with Crippen LogP contribution >= 0.6 is 0 Å². The van der Waals surface area contributed by atoms with Gasteiger partial charge in [-0.15, -0.1) is 0 Å². The molecule has 0 heterocycles. The summed E-state index contributed by atoms with van der Waals surface area (Å²) in [5, 5.41) is 0. The molecule has 3 aromatic rings. The Balaban J connectivity index is 1.24. The van der Waals surface area contributed by atoms with E-state index >= 15 is 0 Å². The standard InChI is InChI=1S/C31H30F4O7S2/c1-31-12-11-20-21(23(31)7-10-30(31)42-44(38,39)19-5-9-25(33)27(35)15-19)6-3-17-13-29(28(40-2)16-22(17)20)41-43(36,37)18-4-8-24(32)26(34)14-18/h4-5,8-9,13-16,20-21,23,30H,3,6-7,10-12H2,1-2H3/t20?,21?,23?,30-,31-/m0/s1. The number of fused-ring (bicyclic) bond motifs is 5. The summed E-state index contributed by atoms with van der Waals surface area (Å²) in [7, 11) is -7.44. The van der Waals surface area contributed by atoms with Crippen LogP contribution in [0.2, 0.25) is 0 Å². The molecule has 2 saturated carbocycles. The molecule has 0 aliphatic heterocycles. The Morgan fingerprint density at radius 1 is 0.750 bits per heavy atom. The predicted molar refractivity (Wildman–Crippen MR) is 150 cm³/mol. The second kappa shape index (κ2) is 11.0. The van der Waals surface area contributed by atoms with Gasteiger partial charge in [0.2, 0.25) is 0 Å². The van der Waals surface area contributed by atoms with Crippen LogP contribution in [0.25, 0.3) is 0 Å². The van der Waals surface area contributed by atoms with Gasteiger partial charge in [0.05, 0.1) is 18.1 Å². The smallest absolute Gasteiger partial charge is 0.339 e. The van der Waals surface area contributed by atoms with E-state index < -0.39 is 64.8 Å². The van der Waals surface area contributed by atoms with Gasteiger partial charge in [-0.2, -0.15) is 16.8 Å². The maximum absolute atomic E-state index is 13.8. The van der Waals surface area contributed by atoms with Gasteiger partial charge in [0.1, 0.15) is 4.90 Å². The van der Waals surface area contributed by atoms with Crippen LogP contribution < -0.4 is 8.92 Å². The van der Waals surface area contributed by atoms with Crippen molar-refractivity contribution in [3.05, 3.63) is 82.9 Å². The fourth-order valence-electron chi connectivity index (χ4n) is 7.55. The summed E-state index contributed by atoms with van der Waals surface area (Å²) in [4.78, 5) is -0.965. The van der Waals surface area contributed by atoms with Gasteiger partial charge in [0.25, 0.3) is 10.1 Å². The number of benzene rings is 3. The van der Waals surface area contributed by atoms with Gasteiger partial charge in [0, 0.05) is 0 Å². The molecule has 0 bridgehead atoms. The minimum atomic E-state index is -4.49. The molecule has 3 aliphatic rings. The molecule has 44 heavy (non-hydrogen) atoms. The fourth-order valence-corrected chi connectivity index (χ4v) is 9.71. The third kappa shape index (κ3) is 5.26. The predicted octanol–water partition coefficient (Wildman–Crippen LogP) is 6.65. The van der Waals surface area contributed by atoms with Crippen LogP contribution in [0.3, 0.4) is 0 Å². The SMILES string of the molecule is COc1cc2c(cc1OS(=O)(=O)c1ccc(F)c(F)c1)CCC1C2CC[C@@]2(C)C1CC[C@@H]2OS(=O)(=O)c1ccc(F)c(F)c1. The molecule has 0 saturated heterocycles. The highest BCUT2D eigenvalue weighted by atomic mass is 32.2. The molecule has 13 heteroatoms. The highest BCUT2D eigenvalue weighted by Crippen LogP contribution is 2.62. The summed E-state index contributed by atoms with van der Waals surface area (Å²) in [6.45, 7) is 2.03. The lowest BCUT2D eigenvalue weighted by Gasteiger charge is -2.50. The van der Waals surface area contributed by atoms with Crippen molar-refractivity contribution in [1.29, 1.82) is 0 Å². The van der Waals surface area contributed by atoms with Gasteiger partial charge >= 0.3 is 10.1 Å². The quantitative estimate of drug-likeness (QED) is 0.208. The third-order valence-corrected chi connectivity index (χ3v) is 12.3. The molecule has 5 atom stereocenters. The first-order valence-corrected chi connectivity index (χ1v) is 17.0. The van der Waals surface area contributed by atoms with Crippen molar-refractivity contribution >= 4 is 20.2 Å². The number of aryl methyl sites for hydroxylation is 1. The first-order valence-electron chi connectivity index (χ1n) is 14.2. The summed E-state index contributed by atoms with van der Waals surface area (Å²) in [5.41, 5.74) is 1.42.